The minimum absolute atomic E-state index is 0.371. The number of halogens is 1. The van der Waals surface area contributed by atoms with E-state index in [4.69, 9.17) is 0 Å². The third-order valence-corrected chi connectivity index (χ3v) is 3.50. The quantitative estimate of drug-likeness (QED) is 0.923. The summed E-state index contributed by atoms with van der Waals surface area (Å²) >= 11 is 3.38. The maximum absolute atomic E-state index is 4.45. The molecule has 0 aliphatic carbocycles. The lowest BCUT2D eigenvalue weighted by molar-refractivity contribution is 0.158. The fourth-order valence-corrected chi connectivity index (χ4v) is 2.44. The molecule has 1 fully saturated rings. The minimum Gasteiger partial charge on any atom is -0.314 e. The Bertz CT molecular complexity index is 335. The zero-order chi connectivity index (χ0) is 12.1. The summed E-state index contributed by atoms with van der Waals surface area (Å²) in [5.74, 6) is 0.956. The van der Waals surface area contributed by atoms with Gasteiger partial charge in [-0.25, -0.2) is 9.97 Å². The summed E-state index contributed by atoms with van der Waals surface area (Å²) in [5.41, 5.74) is 0. The summed E-state index contributed by atoms with van der Waals surface area (Å²) < 4.78 is 0.941. The van der Waals surface area contributed by atoms with E-state index in [1.807, 2.05) is 12.4 Å². The molecular formula is C12H19BrN4. The first kappa shape index (κ1) is 12.9. The van der Waals surface area contributed by atoms with Gasteiger partial charge in [-0.3, -0.25) is 4.90 Å². The highest BCUT2D eigenvalue weighted by molar-refractivity contribution is 9.10. The van der Waals surface area contributed by atoms with Crippen LogP contribution in [0.25, 0.3) is 0 Å². The van der Waals surface area contributed by atoms with Crippen LogP contribution < -0.4 is 5.32 Å². The molecule has 2 rings (SSSR count). The van der Waals surface area contributed by atoms with Gasteiger partial charge in [0.15, 0.2) is 0 Å². The minimum atomic E-state index is 0.371. The van der Waals surface area contributed by atoms with Crippen molar-refractivity contribution < 1.29 is 0 Å². The van der Waals surface area contributed by atoms with Gasteiger partial charge in [-0.15, -0.1) is 0 Å². The van der Waals surface area contributed by atoms with Gasteiger partial charge in [0.05, 0.1) is 10.5 Å². The van der Waals surface area contributed by atoms with Gasteiger partial charge in [-0.05, 0) is 22.4 Å². The second kappa shape index (κ2) is 6.42. The summed E-state index contributed by atoms with van der Waals surface area (Å²) in [6.45, 7) is 6.52. The number of hydrogen-bond acceptors (Lipinski definition) is 4. The average Bonchev–Trinajstić information content (AvgIpc) is 2.38. The van der Waals surface area contributed by atoms with Crippen molar-refractivity contribution in [3.63, 3.8) is 0 Å². The fraction of sp³-hybridized carbons (Fsp3) is 0.667. The van der Waals surface area contributed by atoms with E-state index >= 15 is 0 Å². The maximum atomic E-state index is 4.45. The Hall–Kier alpha value is -0.520. The molecule has 17 heavy (non-hydrogen) atoms. The van der Waals surface area contributed by atoms with Crippen molar-refractivity contribution in [2.75, 3.05) is 26.2 Å². The predicted molar refractivity (Wildman–Crippen MR) is 71.8 cm³/mol. The van der Waals surface area contributed by atoms with Crippen LogP contribution in [-0.4, -0.2) is 41.0 Å². The Labute approximate surface area is 111 Å². The lowest BCUT2D eigenvalue weighted by atomic mass is 10.1. The molecule has 2 heterocycles. The number of hydrogen-bond donors (Lipinski definition) is 1. The molecule has 1 aromatic rings. The van der Waals surface area contributed by atoms with Gasteiger partial charge in [0, 0.05) is 38.6 Å². The average molecular weight is 299 g/mol. The van der Waals surface area contributed by atoms with Crippen molar-refractivity contribution in [1.82, 2.24) is 20.2 Å². The lowest BCUT2D eigenvalue weighted by Crippen LogP contribution is -2.45. The highest BCUT2D eigenvalue weighted by atomic mass is 79.9. The van der Waals surface area contributed by atoms with E-state index in [1.54, 1.807) is 0 Å². The zero-order valence-electron chi connectivity index (χ0n) is 10.2. The van der Waals surface area contributed by atoms with E-state index in [9.17, 15) is 0 Å². The van der Waals surface area contributed by atoms with Crippen molar-refractivity contribution in [3.8, 4) is 0 Å². The molecule has 1 saturated heterocycles. The Morgan fingerprint density at radius 3 is 2.59 bits per heavy atom. The van der Waals surface area contributed by atoms with Crippen LogP contribution >= 0.6 is 15.9 Å². The molecule has 0 amide bonds. The van der Waals surface area contributed by atoms with E-state index in [0.29, 0.717) is 6.04 Å². The Morgan fingerprint density at radius 2 is 2.00 bits per heavy atom. The first-order valence-corrected chi connectivity index (χ1v) is 7.02. The molecular weight excluding hydrogens is 280 g/mol. The van der Waals surface area contributed by atoms with Crippen LogP contribution in [0.5, 0.6) is 0 Å². The molecule has 0 spiro atoms. The molecule has 1 unspecified atom stereocenters. The second-order valence-corrected chi connectivity index (χ2v) is 5.27. The van der Waals surface area contributed by atoms with Crippen molar-refractivity contribution in [2.45, 2.75) is 25.8 Å². The summed E-state index contributed by atoms with van der Waals surface area (Å²) in [6.07, 6.45) is 5.97. The lowest BCUT2D eigenvalue weighted by Gasteiger charge is -2.33. The van der Waals surface area contributed by atoms with Crippen molar-refractivity contribution in [1.29, 1.82) is 0 Å². The van der Waals surface area contributed by atoms with Gasteiger partial charge in [-0.2, -0.15) is 0 Å². The number of rotatable bonds is 4. The Morgan fingerprint density at radius 1 is 1.35 bits per heavy atom. The van der Waals surface area contributed by atoms with E-state index in [1.165, 1.54) is 0 Å². The molecule has 0 aromatic carbocycles. The first-order chi connectivity index (χ1) is 8.31. The number of piperazine rings is 1. The summed E-state index contributed by atoms with van der Waals surface area (Å²) in [5, 5.41) is 3.38. The number of nitrogens with one attached hydrogen (secondary N) is 1. The van der Waals surface area contributed by atoms with Gasteiger partial charge in [0.25, 0.3) is 0 Å². The zero-order valence-corrected chi connectivity index (χ0v) is 11.8. The van der Waals surface area contributed by atoms with E-state index in [0.717, 1.165) is 49.3 Å². The SMILES string of the molecule is CCCC(c1ncc(Br)cn1)N1CCNCC1. The van der Waals surface area contributed by atoms with Crippen LogP contribution in [0.2, 0.25) is 0 Å². The third-order valence-electron chi connectivity index (χ3n) is 3.09. The van der Waals surface area contributed by atoms with Crippen LogP contribution in [0.1, 0.15) is 31.6 Å². The summed E-state index contributed by atoms with van der Waals surface area (Å²) in [7, 11) is 0. The molecule has 0 radical (unpaired) electrons. The first-order valence-electron chi connectivity index (χ1n) is 6.23. The molecule has 1 aromatic heterocycles. The van der Waals surface area contributed by atoms with Gasteiger partial charge >= 0.3 is 0 Å². The maximum Gasteiger partial charge on any atom is 0.145 e. The Balaban J connectivity index is 2.12. The van der Waals surface area contributed by atoms with E-state index < -0.39 is 0 Å². The molecule has 94 valence electrons. The summed E-state index contributed by atoms with van der Waals surface area (Å²) in [4.78, 5) is 11.4. The molecule has 1 aliphatic rings. The van der Waals surface area contributed by atoms with Crippen molar-refractivity contribution in [2.24, 2.45) is 0 Å². The van der Waals surface area contributed by atoms with Crippen molar-refractivity contribution >= 4 is 15.9 Å². The normalized spacial score (nSPS) is 19.2. The van der Waals surface area contributed by atoms with Crippen LogP contribution in [0.3, 0.4) is 0 Å². The molecule has 1 atom stereocenters. The molecule has 0 saturated carbocycles. The molecule has 0 bridgehead atoms. The highest BCUT2D eigenvalue weighted by Gasteiger charge is 2.23. The third kappa shape index (κ3) is 3.47. The highest BCUT2D eigenvalue weighted by Crippen LogP contribution is 2.23. The molecule has 4 nitrogen and oxygen atoms in total. The van der Waals surface area contributed by atoms with Gasteiger partial charge in [0.2, 0.25) is 0 Å². The molecule has 5 heteroatoms. The summed E-state index contributed by atoms with van der Waals surface area (Å²) in [6, 6.07) is 0.371. The molecule has 1 aliphatic heterocycles. The topological polar surface area (TPSA) is 41.1 Å². The Kier molecular flexibility index (Phi) is 4.88. The van der Waals surface area contributed by atoms with Gasteiger partial charge < -0.3 is 5.32 Å². The van der Waals surface area contributed by atoms with E-state index in [2.05, 4.69) is 43.0 Å². The van der Waals surface area contributed by atoms with Crippen LogP contribution in [0, 0.1) is 0 Å². The van der Waals surface area contributed by atoms with Crippen molar-refractivity contribution in [3.05, 3.63) is 22.7 Å². The predicted octanol–water partition coefficient (Wildman–Crippen LogP) is 1.99. The number of nitrogens with zero attached hydrogens (tertiary/aromatic N) is 3. The monoisotopic (exact) mass is 298 g/mol. The van der Waals surface area contributed by atoms with Crippen LogP contribution in [-0.2, 0) is 0 Å². The van der Waals surface area contributed by atoms with E-state index in [-0.39, 0.29) is 0 Å². The van der Waals surface area contributed by atoms with Gasteiger partial charge in [-0.1, -0.05) is 13.3 Å². The smallest absolute Gasteiger partial charge is 0.145 e. The van der Waals surface area contributed by atoms with Crippen LogP contribution in [0.4, 0.5) is 0 Å². The second-order valence-electron chi connectivity index (χ2n) is 4.35. The van der Waals surface area contributed by atoms with Crippen LogP contribution in [0.15, 0.2) is 16.9 Å². The van der Waals surface area contributed by atoms with Gasteiger partial charge in [0.1, 0.15) is 5.82 Å². The number of aromatic nitrogens is 2. The largest absolute Gasteiger partial charge is 0.314 e. The molecule has 1 N–H and O–H groups in total. The fourth-order valence-electron chi connectivity index (χ4n) is 2.24. The standard InChI is InChI=1S/C12H19BrN4/c1-2-3-11(17-6-4-14-5-7-17)12-15-8-10(13)9-16-12/h8-9,11,14H,2-7H2,1H3.